The number of nitrogens with two attached hydrogens (primary N) is 1. The van der Waals surface area contributed by atoms with Gasteiger partial charge in [-0.3, -0.25) is 0 Å². The Balaban J connectivity index is 2.30. The number of thiophene rings is 1. The van der Waals surface area contributed by atoms with E-state index in [-0.39, 0.29) is 6.04 Å². The predicted octanol–water partition coefficient (Wildman–Crippen LogP) is 1.87. The zero-order valence-corrected chi connectivity index (χ0v) is 12.7. The molecule has 4 nitrogen and oxygen atoms in total. The first-order valence-corrected chi connectivity index (χ1v) is 8.51. The Labute approximate surface area is 114 Å². The molecule has 1 aromatic rings. The van der Waals surface area contributed by atoms with E-state index < -0.39 is 10.0 Å². The van der Waals surface area contributed by atoms with Crippen molar-refractivity contribution in [3.63, 3.8) is 0 Å². The molecule has 1 aliphatic heterocycles. The molecule has 2 unspecified atom stereocenters. The van der Waals surface area contributed by atoms with E-state index >= 15 is 0 Å². The third kappa shape index (κ3) is 2.73. The van der Waals surface area contributed by atoms with Gasteiger partial charge in [0.25, 0.3) is 10.0 Å². The summed E-state index contributed by atoms with van der Waals surface area (Å²) in [6, 6.07) is 1.69. The molecule has 0 spiro atoms. The van der Waals surface area contributed by atoms with E-state index in [0.717, 1.165) is 6.42 Å². The minimum Gasteiger partial charge on any atom is -0.326 e. The lowest BCUT2D eigenvalue weighted by Gasteiger charge is -2.33. The molecule has 0 saturated carbocycles. The number of halogens is 1. The summed E-state index contributed by atoms with van der Waals surface area (Å²) in [4.78, 5) is 0. The van der Waals surface area contributed by atoms with Crippen LogP contribution in [0.5, 0.6) is 0 Å². The summed E-state index contributed by atoms with van der Waals surface area (Å²) in [6.07, 6.45) is 0.887. The number of piperidine rings is 1. The van der Waals surface area contributed by atoms with Gasteiger partial charge in [-0.25, -0.2) is 8.42 Å². The molecular weight excluding hydrogens is 324 g/mol. The van der Waals surface area contributed by atoms with Gasteiger partial charge in [-0.15, -0.1) is 11.3 Å². The van der Waals surface area contributed by atoms with Crippen molar-refractivity contribution in [3.8, 4) is 0 Å². The molecule has 2 rings (SSSR count). The highest BCUT2D eigenvalue weighted by Gasteiger charge is 2.33. The number of sulfonamides is 1. The van der Waals surface area contributed by atoms with E-state index in [1.807, 2.05) is 6.92 Å². The fourth-order valence-electron chi connectivity index (χ4n) is 2.13. The maximum Gasteiger partial charge on any atom is 0.253 e. The Morgan fingerprint density at radius 1 is 1.53 bits per heavy atom. The Hall–Kier alpha value is 0.0500. The minimum atomic E-state index is -3.39. The molecule has 1 aliphatic rings. The van der Waals surface area contributed by atoms with E-state index in [1.54, 1.807) is 11.4 Å². The molecule has 0 amide bonds. The summed E-state index contributed by atoms with van der Waals surface area (Å²) in [6.45, 7) is 3.00. The summed E-state index contributed by atoms with van der Waals surface area (Å²) in [5, 5.41) is 1.77. The average molecular weight is 339 g/mol. The Bertz CT molecular complexity index is 490. The highest BCUT2D eigenvalue weighted by atomic mass is 79.9. The minimum absolute atomic E-state index is 0.0627. The fraction of sp³-hybridized carbons (Fsp3) is 0.600. The van der Waals surface area contributed by atoms with Gasteiger partial charge in [0.15, 0.2) is 0 Å². The molecule has 0 radical (unpaired) electrons. The quantitative estimate of drug-likeness (QED) is 0.895. The predicted molar refractivity (Wildman–Crippen MR) is 72.5 cm³/mol. The molecule has 2 atom stereocenters. The number of hydrogen-bond acceptors (Lipinski definition) is 4. The normalized spacial score (nSPS) is 27.2. The highest BCUT2D eigenvalue weighted by molar-refractivity contribution is 9.10. The van der Waals surface area contributed by atoms with Gasteiger partial charge in [-0.05, 0) is 39.7 Å². The summed E-state index contributed by atoms with van der Waals surface area (Å²) < 4.78 is 27.3. The second-order valence-electron chi connectivity index (χ2n) is 4.48. The van der Waals surface area contributed by atoms with Crippen molar-refractivity contribution in [2.24, 2.45) is 11.7 Å². The zero-order chi connectivity index (χ0) is 12.6. The second-order valence-corrected chi connectivity index (χ2v) is 8.38. The molecule has 0 aromatic carbocycles. The highest BCUT2D eigenvalue weighted by Crippen LogP contribution is 2.32. The standard InChI is InChI=1S/C10H15BrN2O2S2/c1-7-4-8(12)6-13(5-7)17(14,15)10-9(11)2-3-16-10/h2-3,7-8H,4-6,12H2,1H3. The van der Waals surface area contributed by atoms with Crippen LogP contribution < -0.4 is 5.73 Å². The second kappa shape index (κ2) is 4.97. The van der Waals surface area contributed by atoms with Crippen LogP contribution in [0.25, 0.3) is 0 Å². The van der Waals surface area contributed by atoms with Crippen molar-refractivity contribution in [3.05, 3.63) is 15.9 Å². The van der Waals surface area contributed by atoms with Gasteiger partial charge in [0, 0.05) is 23.6 Å². The first-order chi connectivity index (χ1) is 7.91. The van der Waals surface area contributed by atoms with E-state index in [4.69, 9.17) is 5.73 Å². The van der Waals surface area contributed by atoms with Gasteiger partial charge in [0.05, 0.1) is 0 Å². The molecule has 1 saturated heterocycles. The van der Waals surface area contributed by atoms with Crippen molar-refractivity contribution >= 4 is 37.3 Å². The lowest BCUT2D eigenvalue weighted by Crippen LogP contribution is -2.48. The van der Waals surface area contributed by atoms with E-state index in [0.29, 0.717) is 27.7 Å². The molecule has 96 valence electrons. The van der Waals surface area contributed by atoms with E-state index in [2.05, 4.69) is 15.9 Å². The molecule has 0 aliphatic carbocycles. The van der Waals surface area contributed by atoms with Crippen molar-refractivity contribution in [2.45, 2.75) is 23.6 Å². The van der Waals surface area contributed by atoms with Crippen LogP contribution in [0.4, 0.5) is 0 Å². The molecule has 2 N–H and O–H groups in total. The van der Waals surface area contributed by atoms with Crippen molar-refractivity contribution in [1.29, 1.82) is 0 Å². The van der Waals surface area contributed by atoms with Gasteiger partial charge < -0.3 is 5.73 Å². The van der Waals surface area contributed by atoms with Crippen LogP contribution in [0.3, 0.4) is 0 Å². The van der Waals surface area contributed by atoms with Gasteiger partial charge in [0.1, 0.15) is 4.21 Å². The van der Waals surface area contributed by atoms with E-state index in [9.17, 15) is 8.42 Å². The Kier molecular flexibility index (Phi) is 3.94. The Morgan fingerprint density at radius 2 is 2.24 bits per heavy atom. The molecule has 7 heteroatoms. The molecule has 2 heterocycles. The SMILES string of the molecule is CC1CC(N)CN(S(=O)(=O)c2sccc2Br)C1. The van der Waals surface area contributed by atoms with Crippen LogP contribution in [0.15, 0.2) is 20.1 Å². The lowest BCUT2D eigenvalue weighted by atomic mass is 9.99. The molecule has 17 heavy (non-hydrogen) atoms. The summed E-state index contributed by atoms with van der Waals surface area (Å²) in [5.74, 6) is 0.312. The lowest BCUT2D eigenvalue weighted by molar-refractivity contribution is 0.255. The van der Waals surface area contributed by atoms with Crippen LogP contribution in [0, 0.1) is 5.92 Å². The van der Waals surface area contributed by atoms with E-state index in [1.165, 1.54) is 15.6 Å². The van der Waals surface area contributed by atoms with Crippen LogP contribution in [0.1, 0.15) is 13.3 Å². The van der Waals surface area contributed by atoms with Gasteiger partial charge >= 0.3 is 0 Å². The van der Waals surface area contributed by atoms with Crippen molar-refractivity contribution in [1.82, 2.24) is 4.31 Å². The maximum absolute atomic E-state index is 12.4. The van der Waals surface area contributed by atoms with Gasteiger partial charge in [0.2, 0.25) is 0 Å². The van der Waals surface area contributed by atoms with Crippen LogP contribution in [0.2, 0.25) is 0 Å². The zero-order valence-electron chi connectivity index (χ0n) is 9.47. The summed E-state index contributed by atoms with van der Waals surface area (Å²) >= 11 is 4.51. The molecule has 1 fully saturated rings. The average Bonchev–Trinajstić information content (AvgIpc) is 2.63. The largest absolute Gasteiger partial charge is 0.326 e. The first kappa shape index (κ1) is 13.5. The van der Waals surface area contributed by atoms with Gasteiger partial charge in [-0.2, -0.15) is 4.31 Å². The molecule has 1 aromatic heterocycles. The third-order valence-corrected chi connectivity index (χ3v) is 7.30. The number of hydrogen-bond donors (Lipinski definition) is 1. The first-order valence-electron chi connectivity index (χ1n) is 5.40. The van der Waals surface area contributed by atoms with Gasteiger partial charge in [-0.1, -0.05) is 6.92 Å². The smallest absolute Gasteiger partial charge is 0.253 e. The monoisotopic (exact) mass is 338 g/mol. The van der Waals surface area contributed by atoms with Crippen molar-refractivity contribution in [2.75, 3.05) is 13.1 Å². The van der Waals surface area contributed by atoms with Crippen molar-refractivity contribution < 1.29 is 8.42 Å². The van der Waals surface area contributed by atoms with Crippen LogP contribution in [-0.4, -0.2) is 31.9 Å². The van der Waals surface area contributed by atoms with Crippen LogP contribution >= 0.6 is 27.3 Å². The summed E-state index contributed by atoms with van der Waals surface area (Å²) in [5.41, 5.74) is 5.89. The summed E-state index contributed by atoms with van der Waals surface area (Å²) in [7, 11) is -3.39. The Morgan fingerprint density at radius 3 is 2.76 bits per heavy atom. The third-order valence-electron chi connectivity index (χ3n) is 2.82. The number of rotatable bonds is 2. The molecule has 0 bridgehead atoms. The number of nitrogens with zero attached hydrogens (tertiary/aromatic N) is 1. The van der Waals surface area contributed by atoms with Crippen LogP contribution in [-0.2, 0) is 10.0 Å². The molecular formula is C10H15BrN2O2S2. The fourth-order valence-corrected chi connectivity index (χ4v) is 6.19. The topological polar surface area (TPSA) is 63.4 Å². The maximum atomic E-state index is 12.4.